The van der Waals surface area contributed by atoms with Crippen molar-refractivity contribution in [2.45, 2.75) is 19.8 Å². The Morgan fingerprint density at radius 1 is 1.33 bits per heavy atom. The van der Waals surface area contributed by atoms with Crippen LogP contribution in [0.4, 0.5) is 5.69 Å². The van der Waals surface area contributed by atoms with Gasteiger partial charge in [-0.05, 0) is 37.5 Å². The average molecular weight is 209 g/mol. The Balaban J connectivity index is 2.54. The molecule has 15 heavy (non-hydrogen) atoms. The number of nitrogens with one attached hydrogen (secondary N) is 1. The molecular weight excluding hydrogens is 190 g/mol. The van der Waals surface area contributed by atoms with Gasteiger partial charge in [0.15, 0.2) is 0 Å². The van der Waals surface area contributed by atoms with Crippen LogP contribution in [0.15, 0.2) is 18.2 Å². The van der Waals surface area contributed by atoms with Crippen LogP contribution in [0.1, 0.15) is 18.4 Å². The normalized spacial score (nSPS) is 10.1. The average Bonchev–Trinajstić information content (AvgIpc) is 2.25. The van der Waals surface area contributed by atoms with Gasteiger partial charge in [0.1, 0.15) is 5.75 Å². The van der Waals surface area contributed by atoms with Gasteiger partial charge in [-0.2, -0.15) is 0 Å². The van der Waals surface area contributed by atoms with Crippen LogP contribution in [0.3, 0.4) is 0 Å². The van der Waals surface area contributed by atoms with E-state index in [2.05, 4.69) is 18.3 Å². The maximum Gasteiger partial charge on any atom is 0.141 e. The van der Waals surface area contributed by atoms with Crippen molar-refractivity contribution in [3.63, 3.8) is 0 Å². The molecule has 0 saturated heterocycles. The number of anilines is 1. The molecule has 0 radical (unpaired) electrons. The summed E-state index contributed by atoms with van der Waals surface area (Å²) in [6, 6.07) is 6.05. The van der Waals surface area contributed by atoms with Crippen molar-refractivity contribution in [1.29, 1.82) is 0 Å². The van der Waals surface area contributed by atoms with Crippen LogP contribution >= 0.6 is 0 Å². The third-order valence-corrected chi connectivity index (χ3v) is 2.26. The predicted molar refractivity (Wildman–Crippen MR) is 62.5 cm³/mol. The molecule has 2 N–H and O–H groups in total. The zero-order valence-electron chi connectivity index (χ0n) is 9.42. The maximum absolute atomic E-state index is 8.66. The van der Waals surface area contributed by atoms with Gasteiger partial charge in [0.2, 0.25) is 0 Å². The first-order valence-electron chi connectivity index (χ1n) is 5.27. The molecule has 0 unspecified atom stereocenters. The van der Waals surface area contributed by atoms with Gasteiger partial charge in [-0.25, -0.2) is 0 Å². The number of aryl methyl sites for hydroxylation is 1. The minimum absolute atomic E-state index is 0.257. The van der Waals surface area contributed by atoms with Crippen molar-refractivity contribution in [3.05, 3.63) is 23.8 Å². The number of hydrogen-bond acceptors (Lipinski definition) is 3. The van der Waals surface area contributed by atoms with Crippen LogP contribution < -0.4 is 10.1 Å². The molecule has 1 aromatic rings. The third-order valence-electron chi connectivity index (χ3n) is 2.26. The van der Waals surface area contributed by atoms with Crippen molar-refractivity contribution in [2.24, 2.45) is 0 Å². The highest BCUT2D eigenvalue weighted by molar-refractivity contribution is 5.57. The summed E-state index contributed by atoms with van der Waals surface area (Å²) in [5, 5.41) is 12.0. The summed E-state index contributed by atoms with van der Waals surface area (Å²) in [7, 11) is 1.67. The molecule has 0 heterocycles. The van der Waals surface area contributed by atoms with Gasteiger partial charge < -0.3 is 15.2 Å². The van der Waals surface area contributed by atoms with Crippen molar-refractivity contribution in [3.8, 4) is 5.75 Å². The van der Waals surface area contributed by atoms with Crippen molar-refractivity contribution in [1.82, 2.24) is 0 Å². The zero-order chi connectivity index (χ0) is 11.1. The molecule has 0 atom stereocenters. The molecule has 0 aliphatic carbocycles. The molecule has 0 saturated carbocycles. The lowest BCUT2D eigenvalue weighted by Crippen LogP contribution is -2.04. The van der Waals surface area contributed by atoms with Gasteiger partial charge in [-0.3, -0.25) is 0 Å². The fourth-order valence-corrected chi connectivity index (χ4v) is 1.42. The fraction of sp³-hybridized carbons (Fsp3) is 0.500. The molecule has 84 valence electrons. The number of ether oxygens (including phenoxy) is 1. The first kappa shape index (κ1) is 11.9. The smallest absolute Gasteiger partial charge is 0.141 e. The first-order valence-corrected chi connectivity index (χ1v) is 5.27. The molecule has 3 heteroatoms. The van der Waals surface area contributed by atoms with Gasteiger partial charge in [0.25, 0.3) is 0 Å². The van der Waals surface area contributed by atoms with Crippen molar-refractivity contribution in [2.75, 3.05) is 25.6 Å². The van der Waals surface area contributed by atoms with E-state index in [4.69, 9.17) is 9.84 Å². The quantitative estimate of drug-likeness (QED) is 0.706. The first-order chi connectivity index (χ1) is 7.27. The van der Waals surface area contributed by atoms with Gasteiger partial charge in [0, 0.05) is 13.2 Å². The second-order valence-corrected chi connectivity index (χ2v) is 3.56. The molecule has 0 aromatic heterocycles. The number of aliphatic hydroxyl groups excluding tert-OH is 1. The second-order valence-electron chi connectivity index (χ2n) is 3.56. The Hall–Kier alpha value is -1.22. The van der Waals surface area contributed by atoms with Gasteiger partial charge in [0.05, 0.1) is 12.8 Å². The second kappa shape index (κ2) is 6.30. The summed E-state index contributed by atoms with van der Waals surface area (Å²) < 4.78 is 5.25. The molecule has 0 fully saturated rings. The molecule has 1 aromatic carbocycles. The molecule has 0 spiro atoms. The van der Waals surface area contributed by atoms with Crippen LogP contribution in [-0.2, 0) is 0 Å². The van der Waals surface area contributed by atoms with E-state index in [9.17, 15) is 0 Å². The standard InChI is InChI=1S/C12H19NO2/c1-10-5-6-12(15-2)11(9-10)13-7-3-4-8-14/h5-6,9,13-14H,3-4,7-8H2,1-2H3. The lowest BCUT2D eigenvalue weighted by Gasteiger charge is -2.11. The number of rotatable bonds is 6. The summed E-state index contributed by atoms with van der Waals surface area (Å²) in [6.45, 7) is 3.17. The maximum atomic E-state index is 8.66. The number of unbranched alkanes of at least 4 members (excludes halogenated alkanes) is 1. The minimum Gasteiger partial charge on any atom is -0.495 e. The van der Waals surface area contributed by atoms with Crippen molar-refractivity contribution >= 4 is 5.69 Å². The van der Waals surface area contributed by atoms with E-state index in [0.29, 0.717) is 0 Å². The van der Waals surface area contributed by atoms with E-state index in [1.807, 2.05) is 12.1 Å². The Bertz CT molecular complexity index is 300. The van der Waals surface area contributed by atoms with E-state index < -0.39 is 0 Å². The molecule has 0 aliphatic heterocycles. The van der Waals surface area contributed by atoms with Gasteiger partial charge in [-0.15, -0.1) is 0 Å². The fourth-order valence-electron chi connectivity index (χ4n) is 1.42. The van der Waals surface area contributed by atoms with Gasteiger partial charge >= 0.3 is 0 Å². The number of benzene rings is 1. The molecule has 0 amide bonds. The Morgan fingerprint density at radius 3 is 2.80 bits per heavy atom. The Kier molecular flexibility index (Phi) is 4.98. The number of hydrogen-bond donors (Lipinski definition) is 2. The van der Waals surface area contributed by atoms with Crippen LogP contribution in [0.5, 0.6) is 5.75 Å². The SMILES string of the molecule is COc1ccc(C)cc1NCCCCO. The lowest BCUT2D eigenvalue weighted by atomic mass is 10.2. The zero-order valence-corrected chi connectivity index (χ0v) is 9.42. The van der Waals surface area contributed by atoms with Crippen LogP contribution in [0.2, 0.25) is 0 Å². The number of methoxy groups -OCH3 is 1. The van der Waals surface area contributed by atoms with E-state index in [1.54, 1.807) is 7.11 Å². The van der Waals surface area contributed by atoms with Crippen LogP contribution in [-0.4, -0.2) is 25.4 Å². The van der Waals surface area contributed by atoms with Gasteiger partial charge in [-0.1, -0.05) is 6.07 Å². The summed E-state index contributed by atoms with van der Waals surface area (Å²) >= 11 is 0. The van der Waals surface area contributed by atoms with E-state index in [1.165, 1.54) is 5.56 Å². The highest BCUT2D eigenvalue weighted by Gasteiger charge is 2.01. The van der Waals surface area contributed by atoms with Crippen LogP contribution in [0, 0.1) is 6.92 Å². The molecule has 0 aliphatic rings. The predicted octanol–water partition coefficient (Wildman–Crippen LogP) is 2.19. The molecule has 3 nitrogen and oxygen atoms in total. The van der Waals surface area contributed by atoms with E-state index in [-0.39, 0.29) is 6.61 Å². The number of aliphatic hydroxyl groups is 1. The lowest BCUT2D eigenvalue weighted by molar-refractivity contribution is 0.286. The monoisotopic (exact) mass is 209 g/mol. The third kappa shape index (κ3) is 3.80. The summed E-state index contributed by atoms with van der Waals surface area (Å²) in [6.07, 6.45) is 1.80. The Labute approximate surface area is 91.1 Å². The molecular formula is C12H19NO2. The summed E-state index contributed by atoms with van der Waals surface area (Å²) in [4.78, 5) is 0. The van der Waals surface area contributed by atoms with E-state index >= 15 is 0 Å². The van der Waals surface area contributed by atoms with E-state index in [0.717, 1.165) is 30.8 Å². The molecule has 0 bridgehead atoms. The largest absolute Gasteiger partial charge is 0.495 e. The highest BCUT2D eigenvalue weighted by atomic mass is 16.5. The minimum atomic E-state index is 0.257. The molecule has 1 rings (SSSR count). The summed E-state index contributed by atoms with van der Waals surface area (Å²) in [5.41, 5.74) is 2.23. The highest BCUT2D eigenvalue weighted by Crippen LogP contribution is 2.24. The summed E-state index contributed by atoms with van der Waals surface area (Å²) in [5.74, 6) is 0.865. The van der Waals surface area contributed by atoms with Crippen LogP contribution in [0.25, 0.3) is 0 Å². The topological polar surface area (TPSA) is 41.5 Å². The van der Waals surface area contributed by atoms with Crippen molar-refractivity contribution < 1.29 is 9.84 Å². The Morgan fingerprint density at radius 2 is 2.13 bits per heavy atom.